The molecule has 0 atom stereocenters. The molecule has 0 bridgehead atoms. The fourth-order valence-corrected chi connectivity index (χ4v) is 5.50. The highest BCUT2D eigenvalue weighted by atomic mass is 32.2. The number of nitrogens with zero attached hydrogens (tertiary/aromatic N) is 4. The van der Waals surface area contributed by atoms with E-state index in [1.165, 1.54) is 23.1 Å². The van der Waals surface area contributed by atoms with Crippen molar-refractivity contribution >= 4 is 31.5 Å². The molecule has 2 aromatic carbocycles. The molecule has 168 valence electrons. The predicted octanol–water partition coefficient (Wildman–Crippen LogP) is 1.02. The molecule has 1 heterocycles. The van der Waals surface area contributed by atoms with E-state index in [2.05, 4.69) is 0 Å². The van der Waals surface area contributed by atoms with Crippen molar-refractivity contribution in [2.45, 2.75) is 9.79 Å². The summed E-state index contributed by atoms with van der Waals surface area (Å²) in [6.07, 6.45) is 0.878. The lowest BCUT2D eigenvalue weighted by Gasteiger charge is -2.34. The summed E-state index contributed by atoms with van der Waals surface area (Å²) in [7, 11) is -7.76. The van der Waals surface area contributed by atoms with Crippen molar-refractivity contribution in [2.24, 2.45) is 0 Å². The van der Waals surface area contributed by atoms with Crippen LogP contribution in [0, 0.1) is 21.4 Å². The summed E-state index contributed by atoms with van der Waals surface area (Å²) in [6.45, 7) is -0.128. The molecule has 0 N–H and O–H groups in total. The minimum Gasteiger partial charge on any atom is -0.336 e. The molecule has 1 fully saturated rings. The van der Waals surface area contributed by atoms with Gasteiger partial charge in [0.15, 0.2) is 9.84 Å². The normalized spacial score (nSPS) is 15.2. The maximum Gasteiger partial charge on any atom is 0.271 e. The van der Waals surface area contributed by atoms with Crippen LogP contribution in [0.1, 0.15) is 15.9 Å². The van der Waals surface area contributed by atoms with Gasteiger partial charge in [0.25, 0.3) is 11.6 Å². The van der Waals surface area contributed by atoms with Gasteiger partial charge in [-0.05, 0) is 18.2 Å². The van der Waals surface area contributed by atoms with Crippen molar-refractivity contribution in [2.75, 3.05) is 32.4 Å². The molecule has 0 saturated carbocycles. The molecule has 0 radical (unpaired) electrons. The van der Waals surface area contributed by atoms with Crippen molar-refractivity contribution in [1.29, 1.82) is 5.26 Å². The maximum absolute atomic E-state index is 12.9. The highest BCUT2D eigenvalue weighted by molar-refractivity contribution is 7.90. The Morgan fingerprint density at radius 1 is 1.06 bits per heavy atom. The van der Waals surface area contributed by atoms with E-state index >= 15 is 0 Å². The highest BCUT2D eigenvalue weighted by Crippen LogP contribution is 2.24. The number of benzene rings is 2. The van der Waals surface area contributed by atoms with E-state index < -0.39 is 36.4 Å². The van der Waals surface area contributed by atoms with Crippen molar-refractivity contribution in [3.63, 3.8) is 0 Å². The zero-order chi connectivity index (χ0) is 23.7. The topological polar surface area (TPSA) is 159 Å². The molecular formula is C19H18N4O7S2. The van der Waals surface area contributed by atoms with Gasteiger partial charge >= 0.3 is 0 Å². The third kappa shape index (κ3) is 4.62. The zero-order valence-electron chi connectivity index (χ0n) is 16.8. The average Bonchev–Trinajstić information content (AvgIpc) is 2.77. The first-order valence-electron chi connectivity index (χ1n) is 9.23. The van der Waals surface area contributed by atoms with Crippen molar-refractivity contribution in [3.8, 4) is 6.07 Å². The number of rotatable bonds is 5. The van der Waals surface area contributed by atoms with Gasteiger partial charge < -0.3 is 4.90 Å². The Hall–Kier alpha value is -3.34. The lowest BCUT2D eigenvalue weighted by molar-refractivity contribution is -0.385. The number of carbonyl (C=O) groups is 1. The predicted molar refractivity (Wildman–Crippen MR) is 112 cm³/mol. The summed E-state index contributed by atoms with van der Waals surface area (Å²) >= 11 is 0. The molecular weight excluding hydrogens is 460 g/mol. The van der Waals surface area contributed by atoms with Gasteiger partial charge in [-0.15, -0.1) is 0 Å². The van der Waals surface area contributed by atoms with Gasteiger partial charge in [-0.2, -0.15) is 9.57 Å². The second-order valence-corrected chi connectivity index (χ2v) is 11.0. The fraction of sp³-hybridized carbons (Fsp3) is 0.263. The average molecular weight is 479 g/mol. The van der Waals surface area contributed by atoms with Gasteiger partial charge in [-0.1, -0.05) is 12.1 Å². The van der Waals surface area contributed by atoms with Gasteiger partial charge in [0.05, 0.1) is 20.3 Å². The summed E-state index contributed by atoms with van der Waals surface area (Å²) in [5, 5.41) is 20.3. The second kappa shape index (κ2) is 8.65. The van der Waals surface area contributed by atoms with Crippen LogP contribution in [0.25, 0.3) is 0 Å². The number of non-ortho nitro benzene ring substituents is 1. The van der Waals surface area contributed by atoms with Crippen LogP contribution in [-0.2, 0) is 19.9 Å². The third-order valence-electron chi connectivity index (χ3n) is 4.93. The highest BCUT2D eigenvalue weighted by Gasteiger charge is 2.32. The van der Waals surface area contributed by atoms with E-state index in [-0.39, 0.29) is 47.1 Å². The van der Waals surface area contributed by atoms with E-state index in [9.17, 15) is 37.0 Å². The third-order valence-corrected chi connectivity index (χ3v) is 7.98. The lowest BCUT2D eigenvalue weighted by Crippen LogP contribution is -2.50. The van der Waals surface area contributed by atoms with E-state index in [0.717, 1.165) is 28.8 Å². The Bertz CT molecular complexity index is 1340. The first-order chi connectivity index (χ1) is 14.9. The molecule has 1 aliphatic heterocycles. The molecule has 2 aromatic rings. The van der Waals surface area contributed by atoms with Crippen LogP contribution in [0.2, 0.25) is 0 Å². The number of sulfonamides is 1. The second-order valence-electron chi connectivity index (χ2n) is 7.05. The van der Waals surface area contributed by atoms with E-state index in [4.69, 9.17) is 0 Å². The quantitative estimate of drug-likeness (QED) is 0.455. The maximum atomic E-state index is 12.9. The van der Waals surface area contributed by atoms with Gasteiger partial charge in [0.2, 0.25) is 10.0 Å². The molecule has 3 rings (SSSR count). The van der Waals surface area contributed by atoms with Crippen molar-refractivity contribution in [3.05, 3.63) is 63.7 Å². The number of nitro groups is 1. The molecule has 0 unspecified atom stereocenters. The number of hydrogen-bond donors (Lipinski definition) is 0. The summed E-state index contributed by atoms with van der Waals surface area (Å²) in [5.41, 5.74) is -0.702. The van der Waals surface area contributed by atoms with Gasteiger partial charge in [-0.25, -0.2) is 16.8 Å². The van der Waals surface area contributed by atoms with Crippen molar-refractivity contribution in [1.82, 2.24) is 9.21 Å². The smallest absolute Gasteiger partial charge is 0.271 e. The van der Waals surface area contributed by atoms with Gasteiger partial charge in [-0.3, -0.25) is 14.9 Å². The fourth-order valence-electron chi connectivity index (χ4n) is 3.26. The van der Waals surface area contributed by atoms with E-state index in [1.807, 2.05) is 6.07 Å². The Kier molecular flexibility index (Phi) is 6.31. The zero-order valence-corrected chi connectivity index (χ0v) is 18.5. The number of hydrogen-bond acceptors (Lipinski definition) is 8. The largest absolute Gasteiger partial charge is 0.336 e. The van der Waals surface area contributed by atoms with E-state index in [0.29, 0.717) is 0 Å². The number of piperazine rings is 1. The standard InChI is InChI=1S/C19H18N4O7S2/c1-31(27,28)17-11-15(10-16(12-17)23(25)26)19(24)21-6-8-22(9-7-21)32(29,30)18-5-3-2-4-14(18)13-20/h2-5,10-12H,6-9H2,1H3. The van der Waals surface area contributed by atoms with Crippen LogP contribution in [-0.4, -0.2) is 69.3 Å². The SMILES string of the molecule is CS(=O)(=O)c1cc(C(=O)N2CCN(S(=O)(=O)c3ccccc3C#N)CC2)cc([N+](=O)[O-])c1. The number of sulfone groups is 1. The van der Waals surface area contributed by atoms with Crippen LogP contribution >= 0.6 is 0 Å². The van der Waals surface area contributed by atoms with Crippen molar-refractivity contribution < 1.29 is 26.6 Å². The molecule has 13 heteroatoms. The molecule has 11 nitrogen and oxygen atoms in total. The first-order valence-corrected chi connectivity index (χ1v) is 12.6. The van der Waals surface area contributed by atoms with Crippen LogP contribution < -0.4 is 0 Å². The summed E-state index contributed by atoms with van der Waals surface area (Å²) in [5.74, 6) is -0.645. The van der Waals surface area contributed by atoms with E-state index in [1.54, 1.807) is 6.07 Å². The minimum absolute atomic E-state index is 0.0101. The van der Waals surface area contributed by atoms with Crippen LogP contribution in [0.4, 0.5) is 5.69 Å². The van der Waals surface area contributed by atoms with Crippen LogP contribution in [0.3, 0.4) is 0 Å². The first kappa shape index (κ1) is 23.3. The molecule has 1 aliphatic rings. The number of carbonyl (C=O) groups excluding carboxylic acids is 1. The Balaban J connectivity index is 1.83. The van der Waals surface area contributed by atoms with Crippen LogP contribution in [0.5, 0.6) is 0 Å². The molecule has 1 amide bonds. The monoisotopic (exact) mass is 478 g/mol. The Morgan fingerprint density at radius 2 is 1.69 bits per heavy atom. The molecule has 1 saturated heterocycles. The molecule has 0 spiro atoms. The summed E-state index contributed by atoms with van der Waals surface area (Å²) in [6, 6.07) is 10.6. The number of nitriles is 1. The molecule has 0 aromatic heterocycles. The lowest BCUT2D eigenvalue weighted by atomic mass is 10.1. The number of amides is 1. The summed E-state index contributed by atoms with van der Waals surface area (Å²) < 4.78 is 50.7. The molecule has 32 heavy (non-hydrogen) atoms. The Labute approximate surface area is 184 Å². The summed E-state index contributed by atoms with van der Waals surface area (Å²) in [4.78, 5) is 24.1. The van der Waals surface area contributed by atoms with Gasteiger partial charge in [0.1, 0.15) is 6.07 Å². The minimum atomic E-state index is -3.96. The van der Waals surface area contributed by atoms with Gasteiger partial charge in [0, 0.05) is 50.1 Å². The van der Waals surface area contributed by atoms with Crippen LogP contribution in [0.15, 0.2) is 52.3 Å². The number of nitro benzene ring substituents is 1. The Morgan fingerprint density at radius 3 is 2.25 bits per heavy atom. The molecule has 0 aliphatic carbocycles.